The minimum Gasteiger partial charge on any atom is -0.485 e. The van der Waals surface area contributed by atoms with Gasteiger partial charge in [0.1, 0.15) is 6.61 Å². The lowest BCUT2D eigenvalue weighted by molar-refractivity contribution is 0.0358. The third kappa shape index (κ3) is 6.08. The number of benzene rings is 2. The second-order valence-corrected chi connectivity index (χ2v) is 9.42. The maximum Gasteiger partial charge on any atom is 0.332 e. The monoisotopic (exact) mass is 481 g/mol. The van der Waals surface area contributed by atoms with Gasteiger partial charge in [0.15, 0.2) is 17.6 Å². The quantitative estimate of drug-likeness (QED) is 0.456. The number of hydrazone groups is 1. The second-order valence-electron chi connectivity index (χ2n) is 9.42. The summed E-state index contributed by atoms with van der Waals surface area (Å²) in [5.74, 6) is 0.0757. The van der Waals surface area contributed by atoms with Crippen LogP contribution in [0.3, 0.4) is 0 Å². The molecule has 0 aliphatic carbocycles. The van der Waals surface area contributed by atoms with Crippen molar-refractivity contribution >= 4 is 24.1 Å². The van der Waals surface area contributed by atoms with Gasteiger partial charge in [-0.25, -0.2) is 15.2 Å². The summed E-state index contributed by atoms with van der Waals surface area (Å²) < 4.78 is 11.6. The molecular formula is C25H31N5O5. The highest BCUT2D eigenvalue weighted by Crippen LogP contribution is 2.36. The second kappa shape index (κ2) is 10.0. The number of hydrogen-bond donors (Lipinski definition) is 3. The molecular weight excluding hydrogens is 450 g/mol. The first-order valence-electron chi connectivity index (χ1n) is 11.1. The number of fused-ring (bicyclic) bond motifs is 1. The largest absolute Gasteiger partial charge is 0.485 e. The minimum absolute atomic E-state index is 0.171. The van der Waals surface area contributed by atoms with E-state index in [0.29, 0.717) is 28.2 Å². The van der Waals surface area contributed by atoms with Gasteiger partial charge in [-0.2, -0.15) is 5.10 Å². The smallest absolute Gasteiger partial charge is 0.332 e. The minimum atomic E-state index is -0.799. The highest BCUT2D eigenvalue weighted by molar-refractivity contribution is 6.00. The molecule has 0 radical (unpaired) electrons. The van der Waals surface area contributed by atoms with Gasteiger partial charge in [-0.15, -0.1) is 0 Å². The molecule has 1 atom stereocenters. The van der Waals surface area contributed by atoms with Crippen LogP contribution in [0.1, 0.15) is 58.2 Å². The molecule has 2 aromatic rings. The lowest BCUT2D eigenvalue weighted by Crippen LogP contribution is -2.56. The van der Waals surface area contributed by atoms with Crippen molar-refractivity contribution in [1.82, 2.24) is 15.9 Å². The Hall–Kier alpha value is -4.08. The Morgan fingerprint density at radius 1 is 1.11 bits per heavy atom. The van der Waals surface area contributed by atoms with E-state index in [1.165, 1.54) is 11.2 Å². The third-order valence-electron chi connectivity index (χ3n) is 5.26. The lowest BCUT2D eigenvalue weighted by atomic mass is 10.0. The predicted molar refractivity (Wildman–Crippen MR) is 132 cm³/mol. The molecule has 3 rings (SSSR count). The SMILES string of the molecule is Cc1cc(C)cc(C(=O)N(NC(=O)c2ccc3c(c2C)O[C@@H](/C=N/NC(N)=O)CO3)C(C)(C)C)c1. The summed E-state index contributed by atoms with van der Waals surface area (Å²) in [6.07, 6.45) is 0.757. The molecule has 35 heavy (non-hydrogen) atoms. The summed E-state index contributed by atoms with van der Waals surface area (Å²) in [6.45, 7) is 11.3. The fourth-order valence-corrected chi connectivity index (χ4v) is 3.70. The molecule has 0 saturated heterocycles. The Labute approximate surface area is 204 Å². The average Bonchev–Trinajstić information content (AvgIpc) is 2.75. The van der Waals surface area contributed by atoms with Gasteiger partial charge in [0.2, 0.25) is 0 Å². The number of urea groups is 1. The van der Waals surface area contributed by atoms with Crippen molar-refractivity contribution in [2.75, 3.05) is 6.61 Å². The van der Waals surface area contributed by atoms with Crippen LogP contribution in [0.15, 0.2) is 35.4 Å². The molecule has 2 aromatic carbocycles. The summed E-state index contributed by atoms with van der Waals surface area (Å²) >= 11 is 0. The number of aryl methyl sites for hydroxylation is 2. The number of carbonyl (C=O) groups is 3. The molecule has 1 heterocycles. The molecule has 4 N–H and O–H groups in total. The Balaban J connectivity index is 1.86. The summed E-state index contributed by atoms with van der Waals surface area (Å²) in [4.78, 5) is 37.5. The Bertz CT molecular complexity index is 1170. The van der Waals surface area contributed by atoms with Gasteiger partial charge >= 0.3 is 6.03 Å². The number of nitrogens with zero attached hydrogens (tertiary/aromatic N) is 2. The Morgan fingerprint density at radius 3 is 2.37 bits per heavy atom. The van der Waals surface area contributed by atoms with Crippen molar-refractivity contribution in [1.29, 1.82) is 0 Å². The zero-order chi connectivity index (χ0) is 25.9. The van der Waals surface area contributed by atoms with Crippen molar-refractivity contribution in [3.05, 3.63) is 58.1 Å². The normalized spacial score (nSPS) is 15.0. The zero-order valence-electron chi connectivity index (χ0n) is 20.8. The first kappa shape index (κ1) is 25.5. The number of rotatable bonds is 4. The van der Waals surface area contributed by atoms with Gasteiger partial charge in [0.25, 0.3) is 11.8 Å². The van der Waals surface area contributed by atoms with Gasteiger partial charge < -0.3 is 15.2 Å². The summed E-state index contributed by atoms with van der Waals surface area (Å²) in [6, 6.07) is 8.04. The standard InChI is InChI=1S/C25H31N5O5/c1-14-9-15(2)11-17(10-14)23(32)30(25(4,5)6)29-22(31)19-7-8-20-21(16(19)3)35-18(13-34-20)12-27-28-24(26)33/h7-12,18H,13H2,1-6H3,(H,29,31)(H3,26,28,33)/b27-12+/t18-/m0/s1. The van der Waals surface area contributed by atoms with Crippen LogP contribution in [-0.4, -0.2) is 47.3 Å². The topological polar surface area (TPSA) is 135 Å². The van der Waals surface area contributed by atoms with E-state index in [1.54, 1.807) is 31.2 Å². The van der Waals surface area contributed by atoms with Gasteiger partial charge in [-0.1, -0.05) is 17.2 Å². The van der Waals surface area contributed by atoms with Gasteiger partial charge in [0, 0.05) is 16.7 Å². The number of amides is 4. The molecule has 186 valence electrons. The lowest BCUT2D eigenvalue weighted by Gasteiger charge is -2.36. The molecule has 1 aliphatic rings. The van der Waals surface area contributed by atoms with E-state index in [-0.39, 0.29) is 12.5 Å². The maximum atomic E-state index is 13.4. The van der Waals surface area contributed by atoms with E-state index in [0.717, 1.165) is 11.1 Å². The van der Waals surface area contributed by atoms with E-state index in [4.69, 9.17) is 15.2 Å². The number of nitrogens with two attached hydrogens (primary N) is 1. The van der Waals surface area contributed by atoms with E-state index in [1.807, 2.05) is 40.7 Å². The fraction of sp³-hybridized carbons (Fsp3) is 0.360. The first-order chi connectivity index (χ1) is 16.4. The van der Waals surface area contributed by atoms with Crippen LogP contribution in [0, 0.1) is 20.8 Å². The van der Waals surface area contributed by atoms with E-state index in [9.17, 15) is 14.4 Å². The summed E-state index contributed by atoms with van der Waals surface area (Å²) in [5, 5.41) is 5.04. The van der Waals surface area contributed by atoms with Crippen LogP contribution < -0.4 is 26.1 Å². The van der Waals surface area contributed by atoms with Crippen molar-refractivity contribution < 1.29 is 23.9 Å². The molecule has 10 nitrogen and oxygen atoms in total. The summed E-state index contributed by atoms with van der Waals surface area (Å²) in [5.41, 5.74) is 12.4. The fourth-order valence-electron chi connectivity index (χ4n) is 3.70. The van der Waals surface area contributed by atoms with Crippen molar-refractivity contribution in [2.45, 2.75) is 53.2 Å². The Kier molecular flexibility index (Phi) is 7.33. The van der Waals surface area contributed by atoms with Crippen LogP contribution in [0.25, 0.3) is 0 Å². The molecule has 10 heteroatoms. The number of carbonyl (C=O) groups excluding carboxylic acids is 3. The number of primary amides is 1. The molecule has 0 spiro atoms. The van der Waals surface area contributed by atoms with Crippen molar-refractivity contribution in [3.63, 3.8) is 0 Å². The van der Waals surface area contributed by atoms with Crippen LogP contribution >= 0.6 is 0 Å². The van der Waals surface area contributed by atoms with E-state index < -0.39 is 23.6 Å². The molecule has 0 saturated carbocycles. The maximum absolute atomic E-state index is 13.4. The number of nitrogens with one attached hydrogen (secondary N) is 2. The molecule has 0 unspecified atom stereocenters. The third-order valence-corrected chi connectivity index (χ3v) is 5.26. The first-order valence-corrected chi connectivity index (χ1v) is 11.1. The highest BCUT2D eigenvalue weighted by atomic mass is 16.6. The highest BCUT2D eigenvalue weighted by Gasteiger charge is 2.31. The van der Waals surface area contributed by atoms with Crippen molar-refractivity contribution in [2.24, 2.45) is 10.8 Å². The van der Waals surface area contributed by atoms with Gasteiger partial charge in [-0.3, -0.25) is 15.0 Å². The molecule has 0 fully saturated rings. The van der Waals surface area contributed by atoms with E-state index in [2.05, 4.69) is 16.0 Å². The van der Waals surface area contributed by atoms with Gasteiger partial charge in [0.05, 0.1) is 11.8 Å². The number of hydrogen-bond acceptors (Lipinski definition) is 6. The van der Waals surface area contributed by atoms with Crippen LogP contribution in [0.5, 0.6) is 11.5 Å². The molecule has 0 bridgehead atoms. The zero-order valence-corrected chi connectivity index (χ0v) is 20.8. The van der Waals surface area contributed by atoms with Gasteiger partial charge in [-0.05, 0) is 65.8 Å². The molecule has 0 aromatic heterocycles. The Morgan fingerprint density at radius 2 is 1.77 bits per heavy atom. The predicted octanol–water partition coefficient (Wildman–Crippen LogP) is 2.99. The number of hydrazine groups is 1. The average molecular weight is 482 g/mol. The summed E-state index contributed by atoms with van der Waals surface area (Å²) in [7, 11) is 0. The van der Waals surface area contributed by atoms with Crippen LogP contribution in [-0.2, 0) is 0 Å². The van der Waals surface area contributed by atoms with E-state index >= 15 is 0 Å². The molecule has 1 aliphatic heterocycles. The van der Waals surface area contributed by atoms with Crippen LogP contribution in [0.2, 0.25) is 0 Å². The van der Waals surface area contributed by atoms with Crippen LogP contribution in [0.4, 0.5) is 4.79 Å². The molecule has 4 amide bonds. The number of ether oxygens (including phenoxy) is 2. The van der Waals surface area contributed by atoms with Crippen molar-refractivity contribution in [3.8, 4) is 11.5 Å².